The van der Waals surface area contributed by atoms with Crippen LogP contribution in [0.25, 0.3) is 27.0 Å². The van der Waals surface area contributed by atoms with Crippen LogP contribution >= 0.6 is 35.2 Å². The molecule has 0 aliphatic heterocycles. The number of nitrogens with zero attached hydrogens (tertiary/aromatic N) is 4. The molecule has 0 bridgehead atoms. The summed E-state index contributed by atoms with van der Waals surface area (Å²) in [7, 11) is 0. The van der Waals surface area contributed by atoms with E-state index in [1.54, 1.807) is 30.5 Å². The first-order chi connectivity index (χ1) is 14.9. The van der Waals surface area contributed by atoms with Gasteiger partial charge < -0.3 is 4.42 Å². The van der Waals surface area contributed by atoms with Gasteiger partial charge in [0.2, 0.25) is 0 Å². The third kappa shape index (κ3) is 3.42. The van der Waals surface area contributed by atoms with E-state index in [1.165, 1.54) is 16.0 Å². The molecule has 0 saturated carbocycles. The Morgan fingerprint density at radius 3 is 2.68 bits per heavy atom. The first-order valence-electron chi connectivity index (χ1n) is 9.38. The fraction of sp³-hybridized carbons (Fsp3) is 0.0909. The molecule has 3 heterocycles. The highest BCUT2D eigenvalue weighted by Gasteiger charge is 2.16. The Labute approximate surface area is 190 Å². The minimum atomic E-state index is -0.276. The predicted molar refractivity (Wildman–Crippen MR) is 128 cm³/mol. The number of para-hydroxylation sites is 1. The van der Waals surface area contributed by atoms with E-state index in [1.807, 2.05) is 42.5 Å². The van der Waals surface area contributed by atoms with Crippen LogP contribution in [0, 0.1) is 10.9 Å². The van der Waals surface area contributed by atoms with Gasteiger partial charge in [-0.3, -0.25) is 9.36 Å². The quantitative estimate of drug-likeness (QED) is 0.243. The molecular weight excluding hydrogens is 452 g/mol. The van der Waals surface area contributed by atoms with Crippen LogP contribution in [0.4, 0.5) is 0 Å². The van der Waals surface area contributed by atoms with E-state index in [9.17, 15) is 4.79 Å². The van der Waals surface area contributed by atoms with Crippen molar-refractivity contribution in [1.82, 2.24) is 14.2 Å². The van der Waals surface area contributed by atoms with E-state index in [0.29, 0.717) is 36.6 Å². The molecule has 0 saturated heterocycles. The van der Waals surface area contributed by atoms with Gasteiger partial charge in [0.15, 0.2) is 15.4 Å². The molecule has 0 fully saturated rings. The minimum absolute atomic E-state index is 0.276. The highest BCUT2D eigenvalue weighted by Crippen LogP contribution is 2.25. The normalized spacial score (nSPS) is 12.2. The molecule has 5 rings (SSSR count). The molecule has 6 nitrogen and oxygen atoms in total. The molecule has 0 aliphatic rings. The molecule has 0 aliphatic carbocycles. The van der Waals surface area contributed by atoms with Gasteiger partial charge in [0.1, 0.15) is 21.8 Å². The van der Waals surface area contributed by atoms with Crippen molar-refractivity contribution in [1.29, 1.82) is 0 Å². The van der Waals surface area contributed by atoms with Gasteiger partial charge in [0, 0.05) is 16.1 Å². The zero-order valence-electron chi connectivity index (χ0n) is 16.5. The Morgan fingerprint density at radius 1 is 1.19 bits per heavy atom. The topological polar surface area (TPSA) is 65.3 Å². The lowest BCUT2D eigenvalue weighted by Gasteiger charge is -2.07. The maximum Gasteiger partial charge on any atom is 0.293 e. The van der Waals surface area contributed by atoms with E-state index >= 15 is 0 Å². The molecule has 3 aromatic heterocycles. The lowest BCUT2D eigenvalue weighted by atomic mass is 10.2. The van der Waals surface area contributed by atoms with Crippen LogP contribution in [-0.2, 0) is 0 Å². The molecule has 31 heavy (non-hydrogen) atoms. The van der Waals surface area contributed by atoms with E-state index in [-0.39, 0.29) is 5.56 Å². The number of benzene rings is 2. The van der Waals surface area contributed by atoms with E-state index in [0.717, 1.165) is 16.7 Å². The van der Waals surface area contributed by atoms with Gasteiger partial charge in [-0.2, -0.15) is 9.78 Å². The fourth-order valence-corrected chi connectivity index (χ4v) is 4.77. The molecule has 0 spiro atoms. The van der Waals surface area contributed by atoms with Crippen LogP contribution in [0.3, 0.4) is 0 Å². The second-order valence-electron chi connectivity index (χ2n) is 6.94. The van der Waals surface area contributed by atoms with Gasteiger partial charge >= 0.3 is 0 Å². The van der Waals surface area contributed by atoms with Gasteiger partial charge in [0.05, 0.1) is 0 Å². The highest BCUT2D eigenvalue weighted by molar-refractivity contribution is 7.73. The smallest absolute Gasteiger partial charge is 0.293 e. The van der Waals surface area contributed by atoms with Crippen LogP contribution in [0.15, 0.2) is 68.9 Å². The number of aryl methyl sites for hydroxylation is 1. The molecule has 9 heteroatoms. The standard InChI is InChI=1S/C22H15ClN4O2S2/c1-12(18-11-14-5-3-4-6-17(14)29-18)25-27-13(2)24-20-19(21(27)28)31-22(30)26(20)16-9-7-15(23)8-10-16/h3-11H,1-2H3/b25-12+. The van der Waals surface area contributed by atoms with Crippen molar-refractivity contribution in [2.75, 3.05) is 0 Å². The Kier molecular flexibility index (Phi) is 4.85. The number of hydrogen-bond acceptors (Lipinski definition) is 6. The van der Waals surface area contributed by atoms with Crippen LogP contribution in [-0.4, -0.2) is 19.9 Å². The lowest BCUT2D eigenvalue weighted by molar-refractivity contribution is 0.602. The van der Waals surface area contributed by atoms with Crippen LogP contribution < -0.4 is 5.56 Å². The zero-order chi connectivity index (χ0) is 21.7. The fourth-order valence-electron chi connectivity index (χ4n) is 3.35. The number of halogens is 1. The van der Waals surface area contributed by atoms with E-state index < -0.39 is 0 Å². The van der Waals surface area contributed by atoms with Crippen LogP contribution in [0.5, 0.6) is 0 Å². The summed E-state index contributed by atoms with van der Waals surface area (Å²) in [5.41, 5.74) is 2.37. The number of thiazole rings is 1. The number of rotatable bonds is 3. The summed E-state index contributed by atoms with van der Waals surface area (Å²) >= 11 is 12.7. The van der Waals surface area contributed by atoms with Gasteiger partial charge in [-0.15, -0.1) is 0 Å². The average molecular weight is 467 g/mol. The summed E-state index contributed by atoms with van der Waals surface area (Å²) in [6, 6.07) is 16.9. The Hall–Kier alpha value is -3.07. The molecule has 0 unspecified atom stereocenters. The summed E-state index contributed by atoms with van der Waals surface area (Å²) in [5, 5.41) is 6.10. The Morgan fingerprint density at radius 2 is 1.94 bits per heavy atom. The first kappa shape index (κ1) is 19.9. The van der Waals surface area contributed by atoms with Crippen molar-refractivity contribution in [2.45, 2.75) is 13.8 Å². The SMILES string of the molecule is C/C(=N\n1c(C)nc2c(sc(=S)n2-c2ccc(Cl)cc2)c1=O)c1cc2ccccc2o1. The zero-order valence-corrected chi connectivity index (χ0v) is 18.9. The predicted octanol–water partition coefficient (Wildman–Crippen LogP) is 5.96. The molecule has 5 aromatic rings. The molecule has 0 amide bonds. The third-order valence-corrected chi connectivity index (χ3v) is 6.47. The van der Waals surface area contributed by atoms with E-state index in [4.69, 9.17) is 28.2 Å². The lowest BCUT2D eigenvalue weighted by Crippen LogP contribution is -2.21. The summed E-state index contributed by atoms with van der Waals surface area (Å²) in [5.74, 6) is 1.04. The van der Waals surface area contributed by atoms with Gasteiger partial charge in [0.25, 0.3) is 5.56 Å². The minimum Gasteiger partial charge on any atom is -0.455 e. The van der Waals surface area contributed by atoms with Gasteiger partial charge in [-0.1, -0.05) is 41.1 Å². The van der Waals surface area contributed by atoms with Gasteiger partial charge in [-0.05, 0) is 62.5 Å². The molecule has 0 atom stereocenters. The average Bonchev–Trinajstić information content (AvgIpc) is 3.33. The van der Waals surface area contributed by atoms with Crippen molar-refractivity contribution in [2.24, 2.45) is 5.10 Å². The maximum atomic E-state index is 13.3. The highest BCUT2D eigenvalue weighted by atomic mass is 35.5. The van der Waals surface area contributed by atoms with Crippen molar-refractivity contribution >= 4 is 62.2 Å². The second-order valence-corrected chi connectivity index (χ2v) is 9.02. The summed E-state index contributed by atoms with van der Waals surface area (Å²) < 4.78 is 9.90. The van der Waals surface area contributed by atoms with Crippen molar-refractivity contribution < 1.29 is 4.42 Å². The number of furan rings is 1. The maximum absolute atomic E-state index is 13.3. The number of hydrogen-bond donors (Lipinski definition) is 0. The number of aromatic nitrogens is 3. The van der Waals surface area contributed by atoms with Gasteiger partial charge in [-0.25, -0.2) is 4.98 Å². The molecule has 154 valence electrons. The van der Waals surface area contributed by atoms with Crippen LogP contribution in [0.1, 0.15) is 18.5 Å². The Balaban J connectivity index is 1.67. The molecule has 0 radical (unpaired) electrons. The second kappa shape index (κ2) is 7.56. The first-order valence-corrected chi connectivity index (χ1v) is 11.0. The molecule has 2 aromatic carbocycles. The Bertz CT molecular complexity index is 1570. The number of fused-ring (bicyclic) bond motifs is 2. The van der Waals surface area contributed by atoms with E-state index in [2.05, 4.69) is 10.1 Å². The van der Waals surface area contributed by atoms with Crippen molar-refractivity contribution in [3.63, 3.8) is 0 Å². The summed E-state index contributed by atoms with van der Waals surface area (Å²) in [6.07, 6.45) is 0. The van der Waals surface area contributed by atoms with Crippen molar-refractivity contribution in [3.05, 3.63) is 85.5 Å². The van der Waals surface area contributed by atoms with Crippen LogP contribution in [0.2, 0.25) is 5.02 Å². The third-order valence-electron chi connectivity index (χ3n) is 4.86. The largest absolute Gasteiger partial charge is 0.455 e. The monoisotopic (exact) mass is 466 g/mol. The molecule has 0 N–H and O–H groups in total. The summed E-state index contributed by atoms with van der Waals surface area (Å²) in [4.78, 5) is 17.9. The van der Waals surface area contributed by atoms with Crippen molar-refractivity contribution in [3.8, 4) is 5.69 Å². The summed E-state index contributed by atoms with van der Waals surface area (Å²) in [6.45, 7) is 3.54. The molecular formula is C22H15ClN4O2S2.